The minimum atomic E-state index is -1.48. The standard InChI is InChI=1S/C27H30ClN3O6S/c1-17(32)31(29-25(35)37-26(2,3)4)20-22(33)30-15-27(28,16-38-23(20)30)24(34)36-21(18-11-7-5-8-12-18)19-13-9-6-10-14-19/h5-14,20-21,23H,15-16H2,1-4H3,(H,29,35)/t20?,23-,27?/m1/s1. The van der Waals surface area contributed by atoms with Crippen LogP contribution in [0.1, 0.15) is 44.9 Å². The van der Waals surface area contributed by atoms with E-state index in [1.807, 2.05) is 60.7 Å². The first-order valence-corrected chi connectivity index (χ1v) is 13.5. The van der Waals surface area contributed by atoms with Gasteiger partial charge in [0.25, 0.3) is 5.91 Å². The zero-order valence-corrected chi connectivity index (χ0v) is 23.1. The fraction of sp³-hybridized carbons (Fsp3) is 0.407. The lowest BCUT2D eigenvalue weighted by molar-refractivity contribution is -0.165. The van der Waals surface area contributed by atoms with Crippen LogP contribution >= 0.6 is 23.4 Å². The second-order valence-corrected chi connectivity index (χ2v) is 12.0. The van der Waals surface area contributed by atoms with Gasteiger partial charge in [0.15, 0.2) is 17.0 Å². The first kappa shape index (κ1) is 27.8. The molecule has 0 aliphatic carbocycles. The van der Waals surface area contributed by atoms with Crippen LogP contribution in [0.15, 0.2) is 60.7 Å². The average Bonchev–Trinajstić information content (AvgIpc) is 2.87. The lowest BCUT2D eigenvalue weighted by Gasteiger charge is -2.54. The Morgan fingerprint density at radius 2 is 1.63 bits per heavy atom. The molecule has 202 valence electrons. The summed E-state index contributed by atoms with van der Waals surface area (Å²) in [5.41, 5.74) is 3.18. The molecule has 9 nitrogen and oxygen atoms in total. The smallest absolute Gasteiger partial charge is 0.426 e. The fourth-order valence-electron chi connectivity index (χ4n) is 4.29. The Hall–Kier alpha value is -3.24. The van der Waals surface area contributed by atoms with Crippen molar-refractivity contribution in [1.29, 1.82) is 0 Å². The number of thioether (sulfide) groups is 1. The number of rotatable bonds is 5. The Labute approximate surface area is 230 Å². The third kappa shape index (κ3) is 5.91. The van der Waals surface area contributed by atoms with Gasteiger partial charge in [-0.3, -0.25) is 14.4 Å². The summed E-state index contributed by atoms with van der Waals surface area (Å²) < 4.78 is 11.2. The normalized spacial score (nSPS) is 22.7. The van der Waals surface area contributed by atoms with Crippen molar-refractivity contribution in [3.8, 4) is 0 Å². The Morgan fingerprint density at radius 1 is 1.08 bits per heavy atom. The molecule has 38 heavy (non-hydrogen) atoms. The summed E-state index contributed by atoms with van der Waals surface area (Å²) in [7, 11) is 0. The van der Waals surface area contributed by atoms with E-state index in [0.717, 1.165) is 16.1 Å². The van der Waals surface area contributed by atoms with Gasteiger partial charge in [-0.15, -0.1) is 23.4 Å². The first-order valence-electron chi connectivity index (χ1n) is 12.1. The molecule has 11 heteroatoms. The summed E-state index contributed by atoms with van der Waals surface area (Å²) in [5.74, 6) is -1.46. The molecule has 3 atom stereocenters. The molecule has 2 heterocycles. The summed E-state index contributed by atoms with van der Waals surface area (Å²) in [6.07, 6.45) is -1.52. The predicted octanol–water partition coefficient (Wildman–Crippen LogP) is 3.87. The van der Waals surface area contributed by atoms with Crippen LogP contribution in [0.5, 0.6) is 0 Å². The maximum atomic E-state index is 13.4. The molecule has 2 unspecified atom stereocenters. The van der Waals surface area contributed by atoms with Crippen molar-refractivity contribution in [1.82, 2.24) is 15.3 Å². The third-order valence-corrected chi connectivity index (χ3v) is 8.12. The zero-order chi connectivity index (χ0) is 27.7. The number of carbonyl (C=O) groups is 4. The van der Waals surface area contributed by atoms with Crippen molar-refractivity contribution >= 4 is 47.2 Å². The molecular weight excluding hydrogens is 530 g/mol. The number of halogens is 1. The number of nitrogens with zero attached hydrogens (tertiary/aromatic N) is 2. The minimum absolute atomic E-state index is 0.0884. The number of ether oxygens (including phenoxy) is 2. The second kappa shape index (κ2) is 10.9. The van der Waals surface area contributed by atoms with Gasteiger partial charge < -0.3 is 14.4 Å². The second-order valence-electron chi connectivity index (χ2n) is 10.2. The largest absolute Gasteiger partial charge is 0.451 e. The van der Waals surface area contributed by atoms with E-state index in [1.54, 1.807) is 20.8 Å². The molecule has 4 rings (SSSR count). The number of amides is 3. The molecule has 2 aliphatic heterocycles. The number of hydrazine groups is 1. The Morgan fingerprint density at radius 3 is 2.13 bits per heavy atom. The van der Waals surface area contributed by atoms with Crippen molar-refractivity contribution in [3.05, 3.63) is 71.8 Å². The van der Waals surface area contributed by atoms with E-state index >= 15 is 0 Å². The number of benzene rings is 2. The number of hydrogen-bond donors (Lipinski definition) is 1. The number of β-lactam (4-membered cyclic amide) rings is 1. The van der Waals surface area contributed by atoms with Gasteiger partial charge >= 0.3 is 12.1 Å². The van der Waals surface area contributed by atoms with Crippen LogP contribution in [0.4, 0.5) is 4.79 Å². The monoisotopic (exact) mass is 559 g/mol. The lowest BCUT2D eigenvalue weighted by atomic mass is 10.00. The molecular formula is C27H30ClN3O6S. The fourth-order valence-corrected chi connectivity index (χ4v) is 6.07. The molecule has 0 bridgehead atoms. The van der Waals surface area contributed by atoms with Gasteiger partial charge in [0.1, 0.15) is 11.0 Å². The van der Waals surface area contributed by atoms with Crippen molar-refractivity contribution < 1.29 is 28.7 Å². The summed E-state index contributed by atoms with van der Waals surface area (Å²) in [4.78, 5) is 51.0. The number of fused-ring (bicyclic) bond motifs is 1. The average molecular weight is 560 g/mol. The van der Waals surface area contributed by atoms with Crippen LogP contribution in [-0.4, -0.2) is 68.0 Å². The van der Waals surface area contributed by atoms with Gasteiger partial charge in [0.05, 0.1) is 6.54 Å². The van der Waals surface area contributed by atoms with Crippen LogP contribution in [0, 0.1) is 0 Å². The Bertz CT molecular complexity index is 1170. The van der Waals surface area contributed by atoms with Crippen molar-refractivity contribution in [2.45, 2.75) is 55.7 Å². The Balaban J connectivity index is 1.47. The van der Waals surface area contributed by atoms with Gasteiger partial charge in [0.2, 0.25) is 5.91 Å². The third-order valence-electron chi connectivity index (χ3n) is 6.04. The molecule has 0 saturated carbocycles. The van der Waals surface area contributed by atoms with E-state index in [-0.39, 0.29) is 12.3 Å². The summed E-state index contributed by atoms with van der Waals surface area (Å²) in [6.45, 7) is 6.23. The topological polar surface area (TPSA) is 105 Å². The first-order chi connectivity index (χ1) is 17.9. The van der Waals surface area contributed by atoms with E-state index in [1.165, 1.54) is 23.6 Å². The van der Waals surface area contributed by atoms with Crippen LogP contribution in [0.3, 0.4) is 0 Å². The van der Waals surface area contributed by atoms with Crippen molar-refractivity contribution in [3.63, 3.8) is 0 Å². The summed E-state index contributed by atoms with van der Waals surface area (Å²) in [6, 6.07) is 17.7. The van der Waals surface area contributed by atoms with Gasteiger partial charge in [-0.05, 0) is 31.9 Å². The number of carbonyl (C=O) groups excluding carboxylic acids is 4. The van der Waals surface area contributed by atoms with Crippen LogP contribution in [-0.2, 0) is 23.9 Å². The molecule has 0 spiro atoms. The summed E-state index contributed by atoms with van der Waals surface area (Å²) >= 11 is 8.04. The highest BCUT2D eigenvalue weighted by atomic mass is 35.5. The number of alkyl halides is 1. The van der Waals surface area contributed by atoms with E-state index < -0.39 is 51.9 Å². The van der Waals surface area contributed by atoms with Crippen LogP contribution in [0.25, 0.3) is 0 Å². The lowest BCUT2D eigenvalue weighted by Crippen LogP contribution is -2.76. The molecule has 2 aromatic rings. The van der Waals surface area contributed by atoms with E-state index in [4.69, 9.17) is 21.1 Å². The van der Waals surface area contributed by atoms with Gasteiger partial charge in [-0.1, -0.05) is 60.7 Å². The number of esters is 1. The number of nitrogens with one attached hydrogen (secondary N) is 1. The minimum Gasteiger partial charge on any atom is -0.451 e. The molecule has 2 saturated heterocycles. The summed E-state index contributed by atoms with van der Waals surface area (Å²) in [5, 5.41) is 0.491. The van der Waals surface area contributed by atoms with Crippen LogP contribution < -0.4 is 5.43 Å². The van der Waals surface area contributed by atoms with Crippen molar-refractivity contribution in [2.24, 2.45) is 0 Å². The van der Waals surface area contributed by atoms with E-state index in [2.05, 4.69) is 5.43 Å². The zero-order valence-electron chi connectivity index (χ0n) is 21.5. The molecule has 0 aromatic heterocycles. The SMILES string of the molecule is CC(=O)N(NC(=O)OC(C)(C)C)C1C(=O)N2CC(Cl)(C(=O)OC(c3ccccc3)c3ccccc3)CS[C@H]12. The van der Waals surface area contributed by atoms with Gasteiger partial charge in [0, 0.05) is 12.7 Å². The van der Waals surface area contributed by atoms with E-state index in [0.29, 0.717) is 0 Å². The highest BCUT2D eigenvalue weighted by Crippen LogP contribution is 2.43. The van der Waals surface area contributed by atoms with Crippen molar-refractivity contribution in [2.75, 3.05) is 12.3 Å². The highest BCUT2D eigenvalue weighted by molar-refractivity contribution is 8.00. The van der Waals surface area contributed by atoms with Gasteiger partial charge in [-0.25, -0.2) is 15.2 Å². The molecule has 1 N–H and O–H groups in total. The molecule has 3 amide bonds. The molecule has 2 aromatic carbocycles. The molecule has 0 radical (unpaired) electrons. The maximum Gasteiger partial charge on any atom is 0.426 e. The van der Waals surface area contributed by atoms with Crippen LogP contribution in [0.2, 0.25) is 0 Å². The number of hydrogen-bond acceptors (Lipinski definition) is 7. The molecule has 2 aliphatic rings. The molecule has 2 fully saturated rings. The Kier molecular flexibility index (Phi) is 7.94. The predicted molar refractivity (Wildman–Crippen MR) is 143 cm³/mol. The van der Waals surface area contributed by atoms with E-state index in [9.17, 15) is 19.2 Å². The maximum absolute atomic E-state index is 13.4. The quantitative estimate of drug-likeness (QED) is 0.256. The van der Waals surface area contributed by atoms with Gasteiger partial charge in [-0.2, -0.15) is 0 Å². The highest BCUT2D eigenvalue weighted by Gasteiger charge is 2.60.